The molecule has 6 nitrogen and oxygen atoms in total. The van der Waals surface area contributed by atoms with E-state index in [9.17, 15) is 9.90 Å². The molecule has 0 aliphatic carbocycles. The molecule has 0 amide bonds. The number of benzene rings is 3. The van der Waals surface area contributed by atoms with Crippen LogP contribution in [0.1, 0.15) is 32.7 Å². The third-order valence-electron chi connectivity index (χ3n) is 5.83. The van der Waals surface area contributed by atoms with Gasteiger partial charge in [-0.3, -0.25) is 0 Å². The first-order chi connectivity index (χ1) is 16.0. The third-order valence-corrected chi connectivity index (χ3v) is 5.83. The van der Waals surface area contributed by atoms with Gasteiger partial charge < -0.3 is 24.5 Å². The fraction of sp³-hybridized carbons (Fsp3) is 0.222. The molecule has 0 atom stereocenters. The van der Waals surface area contributed by atoms with Gasteiger partial charge in [0.15, 0.2) is 0 Å². The molecule has 1 aromatic heterocycles. The lowest BCUT2D eigenvalue weighted by molar-refractivity contribution is 0.0684. The fourth-order valence-corrected chi connectivity index (χ4v) is 4.07. The van der Waals surface area contributed by atoms with E-state index < -0.39 is 5.97 Å². The van der Waals surface area contributed by atoms with E-state index >= 15 is 0 Å². The van der Waals surface area contributed by atoms with Gasteiger partial charge in [-0.25, -0.2) is 4.79 Å². The number of fused-ring (bicyclic) bond motifs is 1. The van der Waals surface area contributed by atoms with E-state index in [4.69, 9.17) is 9.47 Å². The number of carboxylic acids is 1. The van der Waals surface area contributed by atoms with E-state index in [0.29, 0.717) is 25.4 Å². The zero-order chi connectivity index (χ0) is 23.4. The first kappa shape index (κ1) is 22.4. The number of nitrogens with one attached hydrogen (secondary N) is 1. The predicted octanol–water partition coefficient (Wildman–Crippen LogP) is 5.00. The van der Waals surface area contributed by atoms with Gasteiger partial charge in [-0.05, 0) is 42.3 Å². The van der Waals surface area contributed by atoms with Crippen molar-refractivity contribution < 1.29 is 19.4 Å². The molecule has 3 aromatic carbocycles. The average molecular weight is 445 g/mol. The summed E-state index contributed by atoms with van der Waals surface area (Å²) in [5.74, 6) is 0.495. The highest BCUT2D eigenvalue weighted by molar-refractivity contribution is 5.98. The second-order valence-electron chi connectivity index (χ2n) is 8.04. The second kappa shape index (κ2) is 9.79. The molecule has 0 saturated heterocycles. The van der Waals surface area contributed by atoms with Gasteiger partial charge in [0.2, 0.25) is 0 Å². The maximum Gasteiger partial charge on any atom is 0.352 e. The smallest absolute Gasteiger partial charge is 0.352 e. The number of carbonyl (C=O) groups is 1. The van der Waals surface area contributed by atoms with Crippen molar-refractivity contribution >= 4 is 16.9 Å². The summed E-state index contributed by atoms with van der Waals surface area (Å²) in [4.78, 5) is 12.4. The monoisotopic (exact) mass is 444 g/mol. The summed E-state index contributed by atoms with van der Waals surface area (Å²) in [6.45, 7) is 3.57. The normalized spacial score (nSPS) is 11.0. The van der Waals surface area contributed by atoms with Crippen LogP contribution in [0.2, 0.25) is 0 Å². The molecule has 33 heavy (non-hydrogen) atoms. The van der Waals surface area contributed by atoms with Crippen molar-refractivity contribution in [3.05, 3.63) is 94.7 Å². The lowest BCUT2D eigenvalue weighted by Crippen LogP contribution is -2.17. The Morgan fingerprint density at radius 2 is 1.52 bits per heavy atom. The van der Waals surface area contributed by atoms with Crippen LogP contribution in [0.25, 0.3) is 10.9 Å². The topological polar surface area (TPSA) is 72.7 Å². The largest absolute Gasteiger partial charge is 0.497 e. The van der Waals surface area contributed by atoms with Gasteiger partial charge in [-0.2, -0.15) is 0 Å². The molecule has 0 radical (unpaired) electrons. The number of aryl methyl sites for hydroxylation is 1. The van der Waals surface area contributed by atoms with Crippen LogP contribution in [-0.4, -0.2) is 29.9 Å². The van der Waals surface area contributed by atoms with Gasteiger partial charge >= 0.3 is 5.97 Å². The number of nitrogens with zero attached hydrogens (tertiary/aromatic N) is 1. The highest BCUT2D eigenvalue weighted by Gasteiger charge is 2.23. The van der Waals surface area contributed by atoms with Crippen LogP contribution >= 0.6 is 0 Å². The van der Waals surface area contributed by atoms with Gasteiger partial charge in [0.05, 0.1) is 19.7 Å². The summed E-state index contributed by atoms with van der Waals surface area (Å²) in [6.07, 6.45) is 0. The van der Waals surface area contributed by atoms with E-state index in [1.807, 2.05) is 47.0 Å². The Balaban J connectivity index is 1.72. The summed E-state index contributed by atoms with van der Waals surface area (Å²) in [6, 6.07) is 21.7. The van der Waals surface area contributed by atoms with Gasteiger partial charge in [0, 0.05) is 36.7 Å². The van der Waals surface area contributed by atoms with Crippen molar-refractivity contribution in [2.75, 3.05) is 14.2 Å². The first-order valence-electron chi connectivity index (χ1n) is 10.8. The lowest BCUT2D eigenvalue weighted by atomic mass is 10.1. The molecule has 0 saturated carbocycles. The summed E-state index contributed by atoms with van der Waals surface area (Å²) in [5.41, 5.74) is 5.22. The molecule has 0 aliphatic heterocycles. The molecule has 4 rings (SSSR count). The van der Waals surface area contributed by atoms with E-state index in [1.165, 1.54) is 5.56 Å². The average Bonchev–Trinajstić information content (AvgIpc) is 3.13. The molecule has 4 aromatic rings. The predicted molar refractivity (Wildman–Crippen MR) is 129 cm³/mol. The highest BCUT2D eigenvalue weighted by Crippen LogP contribution is 2.31. The fourth-order valence-electron chi connectivity index (χ4n) is 4.07. The second-order valence-corrected chi connectivity index (χ2v) is 8.04. The molecular weight excluding hydrogens is 416 g/mol. The first-order valence-corrected chi connectivity index (χ1v) is 10.8. The van der Waals surface area contributed by atoms with Crippen molar-refractivity contribution in [1.82, 2.24) is 9.88 Å². The number of hydrogen-bond acceptors (Lipinski definition) is 4. The molecule has 1 heterocycles. The Labute approximate surface area is 193 Å². The maximum absolute atomic E-state index is 12.4. The Kier molecular flexibility index (Phi) is 6.66. The zero-order valence-electron chi connectivity index (χ0n) is 19.1. The molecule has 0 fully saturated rings. The van der Waals surface area contributed by atoms with Crippen molar-refractivity contribution in [3.8, 4) is 11.5 Å². The molecule has 0 aliphatic rings. The van der Waals surface area contributed by atoms with Crippen LogP contribution in [0, 0.1) is 6.92 Å². The summed E-state index contributed by atoms with van der Waals surface area (Å²) < 4.78 is 12.5. The minimum Gasteiger partial charge on any atom is -0.497 e. The molecule has 6 heteroatoms. The number of hydrogen-bond donors (Lipinski definition) is 2. The Hall–Kier alpha value is -3.77. The highest BCUT2D eigenvalue weighted by atomic mass is 16.5. The van der Waals surface area contributed by atoms with Crippen molar-refractivity contribution in [1.29, 1.82) is 0 Å². The number of methoxy groups -OCH3 is 2. The van der Waals surface area contributed by atoms with E-state index in [0.717, 1.165) is 33.3 Å². The minimum absolute atomic E-state index is 0.283. The van der Waals surface area contributed by atoms with E-state index in [1.54, 1.807) is 14.2 Å². The van der Waals surface area contributed by atoms with Crippen molar-refractivity contribution in [2.45, 2.75) is 26.6 Å². The van der Waals surface area contributed by atoms with Crippen LogP contribution < -0.4 is 14.8 Å². The maximum atomic E-state index is 12.4. The molecule has 0 spiro atoms. The molecule has 0 bridgehead atoms. The number of ether oxygens (including phenoxy) is 2. The molecular formula is C27H28N2O4. The van der Waals surface area contributed by atoms with Crippen molar-refractivity contribution in [3.63, 3.8) is 0 Å². The molecule has 0 unspecified atom stereocenters. The zero-order valence-corrected chi connectivity index (χ0v) is 19.1. The SMILES string of the molecule is COc1ccc(Cn2c(C(=O)O)c(CNCc3ccc(C)cc3)c3ccc(OC)cc32)cc1. The van der Waals surface area contributed by atoms with E-state index in [2.05, 4.69) is 36.5 Å². The lowest BCUT2D eigenvalue weighted by Gasteiger charge is -2.11. The quantitative estimate of drug-likeness (QED) is 0.380. The standard InChI is InChI=1S/C27H28N2O4/c1-18-4-6-19(7-5-18)15-28-16-24-23-13-12-22(33-3)14-25(23)29(26(24)27(30)31)17-20-8-10-21(32-2)11-9-20/h4-14,28H,15-17H2,1-3H3,(H,30,31). The van der Waals surface area contributed by atoms with Gasteiger partial charge in [0.1, 0.15) is 17.2 Å². The Bertz CT molecular complexity index is 1260. The Morgan fingerprint density at radius 3 is 2.15 bits per heavy atom. The van der Waals surface area contributed by atoms with Crippen LogP contribution in [0.3, 0.4) is 0 Å². The van der Waals surface area contributed by atoms with Gasteiger partial charge in [-0.15, -0.1) is 0 Å². The molecule has 2 N–H and O–H groups in total. The number of carboxylic acid groups (broad SMARTS) is 1. The van der Waals surface area contributed by atoms with Gasteiger partial charge in [-0.1, -0.05) is 42.0 Å². The number of rotatable bonds is 9. The van der Waals surface area contributed by atoms with Crippen LogP contribution in [-0.2, 0) is 19.6 Å². The Morgan fingerprint density at radius 1 is 0.879 bits per heavy atom. The van der Waals surface area contributed by atoms with Crippen LogP contribution in [0.15, 0.2) is 66.7 Å². The molecule has 170 valence electrons. The number of aromatic nitrogens is 1. The number of aromatic carboxylic acids is 1. The van der Waals surface area contributed by atoms with Crippen LogP contribution in [0.4, 0.5) is 0 Å². The summed E-state index contributed by atoms with van der Waals surface area (Å²) in [7, 11) is 3.24. The van der Waals surface area contributed by atoms with Crippen LogP contribution in [0.5, 0.6) is 11.5 Å². The van der Waals surface area contributed by atoms with Crippen molar-refractivity contribution in [2.24, 2.45) is 0 Å². The van der Waals surface area contributed by atoms with E-state index in [-0.39, 0.29) is 5.69 Å². The summed E-state index contributed by atoms with van der Waals surface area (Å²) >= 11 is 0. The third kappa shape index (κ3) is 4.86. The minimum atomic E-state index is -0.953. The summed E-state index contributed by atoms with van der Waals surface area (Å²) in [5, 5.41) is 14.5. The van der Waals surface area contributed by atoms with Gasteiger partial charge in [0.25, 0.3) is 0 Å².